The minimum atomic E-state index is -1.66. The number of amides is 5. The van der Waals surface area contributed by atoms with Crippen LogP contribution in [0.5, 0.6) is 0 Å². The number of aliphatic carboxylic acids is 2. The first-order valence-electron chi connectivity index (χ1n) is 9.57. The van der Waals surface area contributed by atoms with Crippen LogP contribution in [-0.4, -0.2) is 81.6 Å². The summed E-state index contributed by atoms with van der Waals surface area (Å²) in [6.45, 7) is 0. The van der Waals surface area contributed by atoms with Crippen molar-refractivity contribution in [2.24, 2.45) is 17.2 Å². The topological polar surface area (TPSA) is 274 Å². The van der Waals surface area contributed by atoms with Crippen LogP contribution in [0.25, 0.3) is 0 Å². The third-order valence-corrected chi connectivity index (χ3v) is 4.54. The molecule has 15 nitrogen and oxygen atoms in total. The summed E-state index contributed by atoms with van der Waals surface area (Å²) in [6.07, 6.45) is -2.37. The van der Waals surface area contributed by atoms with Crippen molar-refractivity contribution in [1.29, 1.82) is 0 Å². The van der Waals surface area contributed by atoms with Crippen molar-refractivity contribution in [2.45, 2.75) is 56.3 Å². The lowest BCUT2D eigenvalue weighted by Gasteiger charge is -2.24. The number of rotatable bonds is 16. The van der Waals surface area contributed by atoms with Gasteiger partial charge in [0.2, 0.25) is 29.5 Å². The maximum atomic E-state index is 12.6. The first-order chi connectivity index (χ1) is 15.3. The number of carboxylic acid groups (broad SMARTS) is 2. The summed E-state index contributed by atoms with van der Waals surface area (Å²) in [5.74, 6) is -7.66. The molecule has 5 amide bonds. The van der Waals surface area contributed by atoms with Crippen LogP contribution < -0.4 is 33.2 Å². The molecule has 0 spiro atoms. The van der Waals surface area contributed by atoms with E-state index in [1.165, 1.54) is 0 Å². The lowest BCUT2D eigenvalue weighted by atomic mass is 10.1. The van der Waals surface area contributed by atoms with Gasteiger partial charge in [0, 0.05) is 18.6 Å². The van der Waals surface area contributed by atoms with Gasteiger partial charge in [0.15, 0.2) is 0 Å². The van der Waals surface area contributed by atoms with E-state index in [0.29, 0.717) is 0 Å². The molecule has 4 unspecified atom stereocenters. The fourth-order valence-electron chi connectivity index (χ4n) is 2.40. The van der Waals surface area contributed by atoms with E-state index in [4.69, 9.17) is 22.3 Å². The zero-order valence-electron chi connectivity index (χ0n) is 17.5. The molecule has 0 saturated carbocycles. The summed E-state index contributed by atoms with van der Waals surface area (Å²) in [6, 6.07) is -5.78. The minimum Gasteiger partial charge on any atom is -0.481 e. The molecule has 0 aromatic carbocycles. The largest absolute Gasteiger partial charge is 0.481 e. The van der Waals surface area contributed by atoms with Crippen LogP contribution in [0.3, 0.4) is 0 Å². The molecule has 0 aromatic heterocycles. The lowest BCUT2D eigenvalue weighted by molar-refractivity contribution is -0.142. The molecule has 0 radical (unpaired) electrons. The van der Waals surface area contributed by atoms with E-state index in [9.17, 15) is 38.7 Å². The number of nitrogens with two attached hydrogens (primary N) is 3. The van der Waals surface area contributed by atoms with E-state index in [1.54, 1.807) is 0 Å². The van der Waals surface area contributed by atoms with Gasteiger partial charge in [-0.2, -0.15) is 12.6 Å². The summed E-state index contributed by atoms with van der Waals surface area (Å²) in [4.78, 5) is 81.6. The van der Waals surface area contributed by atoms with E-state index < -0.39 is 78.5 Å². The quantitative estimate of drug-likeness (QED) is 0.0936. The zero-order valence-corrected chi connectivity index (χ0v) is 18.4. The number of nitrogens with one attached hydrogen (secondary N) is 3. The third kappa shape index (κ3) is 12.3. The average Bonchev–Trinajstić information content (AvgIpc) is 2.71. The van der Waals surface area contributed by atoms with Crippen molar-refractivity contribution in [3.8, 4) is 0 Å². The summed E-state index contributed by atoms with van der Waals surface area (Å²) in [5.41, 5.74) is 15.6. The van der Waals surface area contributed by atoms with Gasteiger partial charge in [-0.1, -0.05) is 0 Å². The van der Waals surface area contributed by atoms with Gasteiger partial charge >= 0.3 is 11.9 Å². The maximum Gasteiger partial charge on any atom is 0.326 e. The second kappa shape index (κ2) is 14.6. The molecule has 0 aliphatic heterocycles. The number of carbonyl (C=O) groups is 7. The molecule has 0 aliphatic rings. The van der Waals surface area contributed by atoms with Crippen LogP contribution >= 0.6 is 12.6 Å². The van der Waals surface area contributed by atoms with Crippen LogP contribution in [0, 0.1) is 0 Å². The molecule has 4 atom stereocenters. The smallest absolute Gasteiger partial charge is 0.326 e. The number of carbonyl (C=O) groups excluding carboxylic acids is 5. The number of thiol groups is 1. The maximum absolute atomic E-state index is 12.6. The molecule has 0 aromatic rings. The number of hydrogen-bond acceptors (Lipinski definition) is 9. The monoisotopic (exact) mass is 492 g/mol. The van der Waals surface area contributed by atoms with E-state index in [1.807, 2.05) is 0 Å². The van der Waals surface area contributed by atoms with Crippen molar-refractivity contribution >= 4 is 54.1 Å². The molecule has 0 rings (SSSR count). The summed E-state index contributed by atoms with van der Waals surface area (Å²) in [5, 5.41) is 24.5. The molecule has 0 fully saturated rings. The molecular formula is C17H28N6O9S. The first-order valence-corrected chi connectivity index (χ1v) is 10.2. The Balaban J connectivity index is 5.53. The second-order valence-corrected chi connectivity index (χ2v) is 7.28. The van der Waals surface area contributed by atoms with E-state index in [0.717, 1.165) is 0 Å². The normalized spacial score (nSPS) is 14.1. The van der Waals surface area contributed by atoms with Crippen LogP contribution in [0.2, 0.25) is 0 Å². The van der Waals surface area contributed by atoms with Gasteiger partial charge in [-0.15, -0.1) is 0 Å². The molecular weight excluding hydrogens is 464 g/mol. The van der Waals surface area contributed by atoms with Crippen molar-refractivity contribution < 1.29 is 43.8 Å². The highest BCUT2D eigenvalue weighted by Gasteiger charge is 2.31. The second-order valence-electron chi connectivity index (χ2n) is 6.92. The molecule has 11 N–H and O–H groups in total. The van der Waals surface area contributed by atoms with Crippen LogP contribution in [0.1, 0.15) is 32.1 Å². The van der Waals surface area contributed by atoms with Gasteiger partial charge in [-0.3, -0.25) is 28.8 Å². The molecule has 0 aliphatic carbocycles. The van der Waals surface area contributed by atoms with Crippen molar-refractivity contribution in [3.05, 3.63) is 0 Å². The minimum absolute atomic E-state index is 0.0757. The third-order valence-electron chi connectivity index (χ3n) is 4.15. The highest BCUT2D eigenvalue weighted by Crippen LogP contribution is 2.04. The predicted octanol–water partition coefficient (Wildman–Crippen LogP) is -4.21. The van der Waals surface area contributed by atoms with Gasteiger partial charge < -0.3 is 43.4 Å². The van der Waals surface area contributed by atoms with Gasteiger partial charge in [-0.25, -0.2) is 4.79 Å². The van der Waals surface area contributed by atoms with Gasteiger partial charge in [0.05, 0.1) is 12.5 Å². The Morgan fingerprint density at radius 1 is 0.727 bits per heavy atom. The fraction of sp³-hybridized carbons (Fsp3) is 0.588. The SMILES string of the molecule is NC(=O)CCC(NC(=O)C(CC(N)=O)NC(=O)C(CCC(=O)O)NC(=O)C(N)CS)C(=O)O. The van der Waals surface area contributed by atoms with Crippen molar-refractivity contribution in [3.63, 3.8) is 0 Å². The Morgan fingerprint density at radius 2 is 1.21 bits per heavy atom. The van der Waals surface area contributed by atoms with E-state index >= 15 is 0 Å². The Bertz CT molecular complexity index is 778. The molecule has 186 valence electrons. The molecule has 0 bridgehead atoms. The fourth-order valence-corrected chi connectivity index (χ4v) is 2.56. The Morgan fingerprint density at radius 3 is 1.67 bits per heavy atom. The van der Waals surface area contributed by atoms with Crippen LogP contribution in [0.4, 0.5) is 0 Å². The number of primary amides is 2. The van der Waals surface area contributed by atoms with Crippen LogP contribution in [-0.2, 0) is 33.6 Å². The highest BCUT2D eigenvalue weighted by molar-refractivity contribution is 7.80. The number of carboxylic acids is 2. The van der Waals surface area contributed by atoms with E-state index in [-0.39, 0.29) is 25.0 Å². The lowest BCUT2D eigenvalue weighted by Crippen LogP contribution is -2.58. The zero-order chi connectivity index (χ0) is 25.7. The van der Waals surface area contributed by atoms with Gasteiger partial charge in [0.25, 0.3) is 0 Å². The predicted molar refractivity (Wildman–Crippen MR) is 114 cm³/mol. The molecule has 0 heterocycles. The van der Waals surface area contributed by atoms with E-state index in [2.05, 4.69) is 28.6 Å². The summed E-state index contributed by atoms with van der Waals surface area (Å²) >= 11 is 3.85. The molecule has 16 heteroatoms. The van der Waals surface area contributed by atoms with Crippen LogP contribution in [0.15, 0.2) is 0 Å². The van der Waals surface area contributed by atoms with Crippen molar-refractivity contribution in [2.75, 3.05) is 5.75 Å². The average molecular weight is 493 g/mol. The number of hydrogen-bond donors (Lipinski definition) is 9. The summed E-state index contributed by atoms with van der Waals surface area (Å²) in [7, 11) is 0. The highest BCUT2D eigenvalue weighted by atomic mass is 32.1. The molecule has 0 saturated heterocycles. The Hall–Kier alpha value is -3.40. The van der Waals surface area contributed by atoms with Crippen molar-refractivity contribution in [1.82, 2.24) is 16.0 Å². The molecule has 33 heavy (non-hydrogen) atoms. The van der Waals surface area contributed by atoms with Gasteiger partial charge in [-0.05, 0) is 12.8 Å². The summed E-state index contributed by atoms with van der Waals surface area (Å²) < 4.78 is 0. The first kappa shape index (κ1) is 29.6. The van der Waals surface area contributed by atoms with Gasteiger partial charge in [0.1, 0.15) is 18.1 Å². The standard InChI is InChI=1S/C17H28N6O9S/c18-7(6-33)14(28)21-8(2-4-13(26)27)15(29)23-10(5-12(20)25)16(30)22-9(17(31)32)1-3-11(19)24/h7-10,33H,1-6,18H2,(H2,19,24)(H2,20,25)(H,21,28)(H,22,30)(H,23,29)(H,26,27)(H,31,32). The Kier molecular flexibility index (Phi) is 13.1. The Labute approximate surface area is 193 Å².